The molecule has 1 aromatic rings. The second-order valence-corrected chi connectivity index (χ2v) is 7.65. The average molecular weight is 418 g/mol. The molecule has 1 aliphatic heterocycles. The summed E-state index contributed by atoms with van der Waals surface area (Å²) in [5.41, 5.74) is -0.682. The van der Waals surface area contributed by atoms with Crippen molar-refractivity contribution in [2.75, 3.05) is 6.54 Å². The third-order valence-electron chi connectivity index (χ3n) is 4.19. The van der Waals surface area contributed by atoms with Gasteiger partial charge in [-0.25, -0.2) is 9.59 Å². The molecule has 0 saturated carbocycles. The molecule has 0 bridgehead atoms. The monoisotopic (exact) mass is 418 g/mol. The quantitative estimate of drug-likeness (QED) is 0.419. The fraction of sp³-hybridized carbons (Fsp3) is 0.556. The van der Waals surface area contributed by atoms with E-state index in [0.29, 0.717) is 5.56 Å². The Bertz CT molecular complexity index is 773. The van der Waals surface area contributed by atoms with Gasteiger partial charge in [-0.15, -0.1) is 0 Å². The topological polar surface area (TPSA) is 99.0 Å². The number of hydrogen-bond acceptors (Lipinski definition) is 6. The van der Waals surface area contributed by atoms with Crippen molar-refractivity contribution < 1.29 is 37.2 Å². The van der Waals surface area contributed by atoms with E-state index in [1.807, 2.05) is 0 Å². The van der Waals surface area contributed by atoms with Crippen LogP contribution in [0.3, 0.4) is 0 Å². The first-order valence-electron chi connectivity index (χ1n) is 8.74. The Morgan fingerprint density at radius 1 is 1.21 bits per heavy atom. The van der Waals surface area contributed by atoms with Crippen molar-refractivity contribution in [3.8, 4) is 0 Å². The van der Waals surface area contributed by atoms with Gasteiger partial charge in [-0.1, -0.05) is 0 Å². The van der Waals surface area contributed by atoms with E-state index in [-0.39, 0.29) is 12.3 Å². The lowest BCUT2D eigenvalue weighted by molar-refractivity contribution is -0.384. The highest BCUT2D eigenvalue weighted by Gasteiger charge is 2.52. The van der Waals surface area contributed by atoms with Gasteiger partial charge in [-0.05, 0) is 44.9 Å². The zero-order chi connectivity index (χ0) is 22.0. The highest BCUT2D eigenvalue weighted by atomic mass is 19.4. The number of benzene rings is 1. The Kier molecular flexibility index (Phi) is 6.39. The second kappa shape index (κ2) is 8.26. The Balaban J connectivity index is 2.09. The van der Waals surface area contributed by atoms with Crippen LogP contribution in [0.5, 0.6) is 0 Å². The van der Waals surface area contributed by atoms with Crippen LogP contribution in [0.15, 0.2) is 24.3 Å². The largest absolute Gasteiger partial charge is 0.459 e. The van der Waals surface area contributed by atoms with Crippen molar-refractivity contribution in [3.63, 3.8) is 0 Å². The molecule has 0 aliphatic carbocycles. The number of hydrogen-bond donors (Lipinski definition) is 0. The SMILES string of the molecule is CC(C)(C)OC(=O)N1C[C@@H](C(F)(F)F)C[C@H]1C(=O)OCc1ccc([N+](=O)[O-])cc1. The van der Waals surface area contributed by atoms with Gasteiger partial charge in [0.25, 0.3) is 5.69 Å². The number of nitrogens with zero attached hydrogens (tertiary/aromatic N) is 2. The van der Waals surface area contributed by atoms with Crippen molar-refractivity contribution in [2.45, 2.75) is 51.6 Å². The van der Waals surface area contributed by atoms with Gasteiger partial charge in [0, 0.05) is 18.7 Å². The summed E-state index contributed by atoms with van der Waals surface area (Å²) in [4.78, 5) is 35.5. The van der Waals surface area contributed by atoms with Crippen LogP contribution >= 0.6 is 0 Å². The fourth-order valence-corrected chi connectivity index (χ4v) is 2.78. The van der Waals surface area contributed by atoms with E-state index in [1.54, 1.807) is 20.8 Å². The van der Waals surface area contributed by atoms with Crippen molar-refractivity contribution in [3.05, 3.63) is 39.9 Å². The number of halogens is 3. The number of carbonyl (C=O) groups is 2. The van der Waals surface area contributed by atoms with Crippen molar-refractivity contribution in [1.82, 2.24) is 4.90 Å². The number of nitro benzene ring substituents is 1. The van der Waals surface area contributed by atoms with E-state index in [4.69, 9.17) is 9.47 Å². The van der Waals surface area contributed by atoms with Crippen molar-refractivity contribution in [2.24, 2.45) is 5.92 Å². The lowest BCUT2D eigenvalue weighted by atomic mass is 10.1. The number of rotatable bonds is 4. The molecule has 1 heterocycles. The Hall–Kier alpha value is -2.85. The first-order valence-corrected chi connectivity index (χ1v) is 8.74. The number of nitro groups is 1. The van der Waals surface area contributed by atoms with Gasteiger partial charge in [0.15, 0.2) is 0 Å². The third kappa shape index (κ3) is 6.06. The van der Waals surface area contributed by atoms with Gasteiger partial charge >= 0.3 is 18.2 Å². The van der Waals surface area contributed by atoms with Gasteiger partial charge in [-0.3, -0.25) is 15.0 Å². The maximum atomic E-state index is 13.1. The van der Waals surface area contributed by atoms with Crippen LogP contribution in [0.4, 0.5) is 23.7 Å². The van der Waals surface area contributed by atoms with Crippen LogP contribution in [0.1, 0.15) is 32.8 Å². The molecule has 2 rings (SSSR count). The van der Waals surface area contributed by atoms with Gasteiger partial charge in [0.2, 0.25) is 0 Å². The zero-order valence-electron chi connectivity index (χ0n) is 16.1. The summed E-state index contributed by atoms with van der Waals surface area (Å²) in [6, 6.07) is 3.72. The minimum absolute atomic E-state index is 0.153. The third-order valence-corrected chi connectivity index (χ3v) is 4.19. The lowest BCUT2D eigenvalue weighted by Crippen LogP contribution is -2.44. The first-order chi connectivity index (χ1) is 13.3. The number of ether oxygens (including phenoxy) is 2. The van der Waals surface area contributed by atoms with Crippen molar-refractivity contribution in [1.29, 1.82) is 0 Å². The van der Waals surface area contributed by atoms with Gasteiger partial charge in [0.05, 0.1) is 10.8 Å². The maximum Gasteiger partial charge on any atom is 0.411 e. The highest BCUT2D eigenvalue weighted by molar-refractivity contribution is 5.82. The molecule has 1 amide bonds. The maximum absolute atomic E-state index is 13.1. The lowest BCUT2D eigenvalue weighted by Gasteiger charge is -2.27. The number of alkyl halides is 3. The smallest absolute Gasteiger partial charge is 0.411 e. The van der Waals surface area contributed by atoms with E-state index >= 15 is 0 Å². The summed E-state index contributed by atoms with van der Waals surface area (Å²) in [7, 11) is 0. The summed E-state index contributed by atoms with van der Waals surface area (Å²) < 4.78 is 49.6. The molecular formula is C18H21F3N2O6. The molecule has 11 heteroatoms. The number of esters is 1. The number of likely N-dealkylation sites (tertiary alicyclic amines) is 1. The van der Waals surface area contributed by atoms with Crippen LogP contribution in [0.2, 0.25) is 0 Å². The normalized spacial score (nSPS) is 19.7. The Morgan fingerprint density at radius 2 is 1.79 bits per heavy atom. The molecule has 1 aliphatic rings. The molecule has 0 aromatic heterocycles. The first kappa shape index (κ1) is 22.4. The molecule has 1 aromatic carbocycles. The Morgan fingerprint density at radius 3 is 2.28 bits per heavy atom. The van der Waals surface area contributed by atoms with Gasteiger partial charge < -0.3 is 9.47 Å². The molecule has 29 heavy (non-hydrogen) atoms. The molecule has 0 radical (unpaired) electrons. The molecular weight excluding hydrogens is 397 g/mol. The second-order valence-electron chi connectivity index (χ2n) is 7.65. The summed E-state index contributed by atoms with van der Waals surface area (Å²) in [5.74, 6) is -2.87. The van der Waals surface area contributed by atoms with E-state index in [2.05, 4.69) is 0 Å². The number of non-ortho nitro benzene ring substituents is 1. The predicted octanol–water partition coefficient (Wildman–Crippen LogP) is 3.83. The van der Waals surface area contributed by atoms with E-state index in [0.717, 1.165) is 4.90 Å². The Labute approximate surface area is 164 Å². The van der Waals surface area contributed by atoms with Crippen LogP contribution in [-0.4, -0.2) is 46.2 Å². The summed E-state index contributed by atoms with van der Waals surface area (Å²) in [6.45, 7) is 3.68. The molecule has 160 valence electrons. The van der Waals surface area contributed by atoms with E-state index in [1.165, 1.54) is 24.3 Å². The van der Waals surface area contributed by atoms with Crippen molar-refractivity contribution >= 4 is 17.7 Å². The summed E-state index contributed by atoms with van der Waals surface area (Å²) in [5, 5.41) is 10.6. The van der Waals surface area contributed by atoms with Gasteiger partial charge in [0.1, 0.15) is 18.2 Å². The molecule has 0 unspecified atom stereocenters. The molecule has 8 nitrogen and oxygen atoms in total. The standard InChI is InChI=1S/C18H21F3N2O6/c1-17(2,3)29-16(25)22-9-12(18(19,20)21)8-14(22)15(24)28-10-11-4-6-13(7-5-11)23(26)27/h4-7,12,14H,8-10H2,1-3H3/t12-,14-/m0/s1. The molecule has 1 saturated heterocycles. The molecule has 0 N–H and O–H groups in total. The minimum Gasteiger partial charge on any atom is -0.459 e. The highest BCUT2D eigenvalue weighted by Crippen LogP contribution is 2.37. The number of carbonyl (C=O) groups excluding carboxylic acids is 2. The van der Waals surface area contributed by atoms with Crippen LogP contribution in [-0.2, 0) is 20.9 Å². The van der Waals surface area contributed by atoms with Crippen LogP contribution in [0, 0.1) is 16.0 Å². The zero-order valence-corrected chi connectivity index (χ0v) is 16.1. The molecule has 2 atom stereocenters. The van der Waals surface area contributed by atoms with Crippen LogP contribution in [0.25, 0.3) is 0 Å². The average Bonchev–Trinajstić information content (AvgIpc) is 3.04. The van der Waals surface area contributed by atoms with Gasteiger partial charge in [-0.2, -0.15) is 13.2 Å². The van der Waals surface area contributed by atoms with Crippen LogP contribution < -0.4 is 0 Å². The molecule has 0 spiro atoms. The summed E-state index contributed by atoms with van der Waals surface area (Å²) in [6.07, 6.45) is -6.23. The van der Waals surface area contributed by atoms with E-state index in [9.17, 15) is 32.9 Å². The minimum atomic E-state index is -4.58. The molecule has 1 fully saturated rings. The fourth-order valence-electron chi connectivity index (χ4n) is 2.78. The summed E-state index contributed by atoms with van der Waals surface area (Å²) >= 11 is 0. The number of amides is 1. The van der Waals surface area contributed by atoms with E-state index < -0.39 is 53.7 Å². The predicted molar refractivity (Wildman–Crippen MR) is 93.8 cm³/mol.